The number of benzene rings is 7. The van der Waals surface area contributed by atoms with Gasteiger partial charge in [-0.2, -0.15) is 0 Å². The summed E-state index contributed by atoms with van der Waals surface area (Å²) < 4.78 is 7.55. The number of rotatable bonds is 2. The Morgan fingerprint density at radius 1 is 0.432 bits per heavy atom. The van der Waals surface area contributed by atoms with E-state index in [-0.39, 0.29) is 0 Å². The topological polar surface area (TPSA) is 0 Å². The SMILES string of the molecule is Brc1sc2c(-c3ccc4ccc5ccccc5c4c3)c3sc(Br)c(I)c3c(-c3ccc4ccc5ccccc5c4c3)c2c1I. The van der Waals surface area contributed by atoms with Gasteiger partial charge in [-0.3, -0.25) is 0 Å². The Morgan fingerprint density at radius 2 is 0.818 bits per heavy atom. The molecule has 0 radical (unpaired) electrons. The summed E-state index contributed by atoms with van der Waals surface area (Å²) in [7, 11) is 0. The minimum absolute atomic E-state index is 1.18. The molecule has 0 N–H and O–H groups in total. The van der Waals surface area contributed by atoms with Crippen molar-refractivity contribution in [2.75, 3.05) is 0 Å². The molecule has 7 aromatic carbocycles. The van der Waals surface area contributed by atoms with Crippen molar-refractivity contribution < 1.29 is 0 Å². The smallest absolute Gasteiger partial charge is 0.0844 e. The van der Waals surface area contributed by atoms with Crippen molar-refractivity contribution in [3.8, 4) is 22.3 Å². The van der Waals surface area contributed by atoms with E-state index in [0.717, 1.165) is 0 Å². The Bertz CT molecular complexity index is 2600. The van der Waals surface area contributed by atoms with Crippen LogP contribution in [0.1, 0.15) is 0 Å². The highest BCUT2D eigenvalue weighted by atomic mass is 127. The first-order valence-corrected chi connectivity index (χ1v) is 19.4. The highest BCUT2D eigenvalue weighted by Crippen LogP contribution is 2.55. The third-order valence-electron chi connectivity index (χ3n) is 8.65. The monoisotopic (exact) mass is 950 g/mol. The van der Waals surface area contributed by atoms with Crippen molar-refractivity contribution in [3.05, 3.63) is 124 Å². The van der Waals surface area contributed by atoms with E-state index in [1.165, 1.54) is 100 Å². The molecule has 0 fully saturated rings. The molecule has 0 aliphatic carbocycles. The third kappa shape index (κ3) is 4.20. The molecule has 0 saturated heterocycles. The zero-order chi connectivity index (χ0) is 29.7. The first kappa shape index (κ1) is 28.2. The Hall–Kier alpha value is -2.08. The van der Waals surface area contributed by atoms with Gasteiger partial charge in [0.05, 0.1) is 7.57 Å². The van der Waals surface area contributed by atoms with Gasteiger partial charge in [-0.05, 0) is 143 Å². The van der Waals surface area contributed by atoms with Crippen LogP contribution >= 0.6 is 99.7 Å². The Kier molecular flexibility index (Phi) is 6.88. The fourth-order valence-electron chi connectivity index (χ4n) is 6.66. The normalized spacial score (nSPS) is 12.1. The summed E-state index contributed by atoms with van der Waals surface area (Å²) in [6, 6.07) is 40.4. The van der Waals surface area contributed by atoms with Crippen LogP contribution in [0.5, 0.6) is 0 Å². The van der Waals surface area contributed by atoms with Gasteiger partial charge in [-0.15, -0.1) is 22.7 Å². The number of hydrogen-bond donors (Lipinski definition) is 0. The van der Waals surface area contributed by atoms with Gasteiger partial charge in [-0.25, -0.2) is 0 Å². The van der Waals surface area contributed by atoms with Crippen LogP contribution in [0.15, 0.2) is 117 Å². The lowest BCUT2D eigenvalue weighted by molar-refractivity contribution is 1.72. The fourth-order valence-corrected chi connectivity index (χ4v) is 12.2. The van der Waals surface area contributed by atoms with Crippen LogP contribution in [-0.4, -0.2) is 0 Å². The Balaban J connectivity index is 1.42. The first-order chi connectivity index (χ1) is 21.5. The Morgan fingerprint density at radius 3 is 1.30 bits per heavy atom. The molecule has 44 heavy (non-hydrogen) atoms. The molecular weight excluding hydrogens is 934 g/mol. The molecule has 0 bridgehead atoms. The molecule has 0 atom stereocenters. The van der Waals surface area contributed by atoms with E-state index in [0.29, 0.717) is 0 Å². The lowest BCUT2D eigenvalue weighted by Crippen LogP contribution is -1.89. The van der Waals surface area contributed by atoms with Crippen molar-refractivity contribution in [2.24, 2.45) is 0 Å². The van der Waals surface area contributed by atoms with Gasteiger partial charge in [0, 0.05) is 38.4 Å². The van der Waals surface area contributed by atoms with Crippen LogP contribution in [0.3, 0.4) is 0 Å². The second kappa shape index (κ2) is 10.7. The van der Waals surface area contributed by atoms with E-state index in [9.17, 15) is 0 Å². The zero-order valence-electron chi connectivity index (χ0n) is 22.7. The van der Waals surface area contributed by atoms with Crippen molar-refractivity contribution in [2.45, 2.75) is 0 Å². The van der Waals surface area contributed by atoms with Gasteiger partial charge < -0.3 is 0 Å². The van der Waals surface area contributed by atoms with Gasteiger partial charge in [0.25, 0.3) is 0 Å². The van der Waals surface area contributed by atoms with Crippen molar-refractivity contribution in [3.63, 3.8) is 0 Å². The average Bonchev–Trinajstić information content (AvgIpc) is 3.52. The highest BCUT2D eigenvalue weighted by Gasteiger charge is 2.26. The molecule has 0 nitrogen and oxygen atoms in total. The minimum Gasteiger partial charge on any atom is -0.126 e. The summed E-state index contributed by atoms with van der Waals surface area (Å²) in [5, 5.41) is 12.9. The molecule has 210 valence electrons. The summed E-state index contributed by atoms with van der Waals surface area (Å²) >= 11 is 16.7. The number of fused-ring (bicyclic) bond motifs is 8. The molecule has 2 heterocycles. The second-order valence-corrected chi connectivity index (χ2v) is 17.8. The molecule has 0 saturated carbocycles. The van der Waals surface area contributed by atoms with Crippen molar-refractivity contribution in [1.29, 1.82) is 0 Å². The lowest BCUT2D eigenvalue weighted by Gasteiger charge is -2.15. The third-order valence-corrected chi connectivity index (χ3v) is 16.8. The van der Waals surface area contributed by atoms with Crippen LogP contribution in [0, 0.1) is 7.14 Å². The fraction of sp³-hybridized carbons (Fsp3) is 0. The van der Waals surface area contributed by atoms with Gasteiger partial charge in [0.2, 0.25) is 0 Å². The summed E-state index contributed by atoms with van der Waals surface area (Å²) in [5.74, 6) is 0. The Labute approximate surface area is 305 Å². The summed E-state index contributed by atoms with van der Waals surface area (Å²) in [4.78, 5) is 0. The largest absolute Gasteiger partial charge is 0.126 e. The molecule has 9 aromatic rings. The maximum absolute atomic E-state index is 3.96. The van der Waals surface area contributed by atoms with Gasteiger partial charge in [0.15, 0.2) is 0 Å². The van der Waals surface area contributed by atoms with Crippen LogP contribution in [-0.2, 0) is 0 Å². The molecule has 0 aliphatic rings. The minimum atomic E-state index is 1.18. The van der Waals surface area contributed by atoms with E-state index in [1.807, 2.05) is 22.7 Å². The molecule has 0 spiro atoms. The van der Waals surface area contributed by atoms with Gasteiger partial charge >= 0.3 is 0 Å². The summed E-state index contributed by atoms with van der Waals surface area (Å²) in [5.41, 5.74) is 5.15. The highest BCUT2D eigenvalue weighted by molar-refractivity contribution is 14.1. The van der Waals surface area contributed by atoms with Crippen molar-refractivity contribution in [1.82, 2.24) is 0 Å². The standard InChI is InChI=1S/C38H18Br2I2S2/c39-37-33(41)31-29(23-15-13-21-11-9-19-5-1-3-7-25(19)27(21)17-23)32-34(42)38(40)44-36(32)30(35(31)43-37)24-16-14-22-12-10-20-6-2-4-8-26(20)28(22)18-24/h1-18H. The molecule has 2 aromatic heterocycles. The average molecular weight is 952 g/mol. The quantitative estimate of drug-likeness (QED) is 0.120. The second-order valence-electron chi connectivity index (χ2n) is 11.0. The lowest BCUT2D eigenvalue weighted by atomic mass is 9.90. The molecule has 0 amide bonds. The van der Waals surface area contributed by atoms with E-state index >= 15 is 0 Å². The van der Waals surface area contributed by atoms with Crippen molar-refractivity contribution >= 4 is 163 Å². The number of hydrogen-bond acceptors (Lipinski definition) is 2. The zero-order valence-corrected chi connectivity index (χ0v) is 31.8. The van der Waals surface area contributed by atoms with E-state index < -0.39 is 0 Å². The molecule has 9 rings (SSSR count). The maximum Gasteiger partial charge on any atom is 0.0844 e. The predicted octanol–water partition coefficient (Wildman–Crippen LogP) is 14.8. The van der Waals surface area contributed by atoms with E-state index in [1.54, 1.807) is 0 Å². The van der Waals surface area contributed by atoms with Crippen LogP contribution < -0.4 is 0 Å². The maximum atomic E-state index is 3.96. The van der Waals surface area contributed by atoms with E-state index in [4.69, 9.17) is 0 Å². The number of thiophene rings is 2. The van der Waals surface area contributed by atoms with Crippen LogP contribution in [0.2, 0.25) is 0 Å². The summed E-state index contributed by atoms with van der Waals surface area (Å²) in [6.07, 6.45) is 0. The molecular formula is C38H18Br2I2S2. The van der Waals surface area contributed by atoms with Crippen LogP contribution in [0.25, 0.3) is 85.5 Å². The van der Waals surface area contributed by atoms with Gasteiger partial charge in [-0.1, -0.05) is 97.1 Å². The predicted molar refractivity (Wildman–Crippen MR) is 219 cm³/mol. The van der Waals surface area contributed by atoms with E-state index in [2.05, 4.69) is 186 Å². The molecule has 0 unspecified atom stereocenters. The molecule has 6 heteroatoms. The van der Waals surface area contributed by atoms with Gasteiger partial charge in [0.1, 0.15) is 0 Å². The number of halogens is 4. The first-order valence-electron chi connectivity index (χ1n) is 14.0. The molecule has 0 aliphatic heterocycles. The van der Waals surface area contributed by atoms with Crippen LogP contribution in [0.4, 0.5) is 0 Å². The summed E-state index contributed by atoms with van der Waals surface area (Å²) in [6.45, 7) is 0.